The standard InChI is InChI=1S/C12H18N2OS/c1-10(12-8-13-9-16-12)14-5-2-11-3-6-15-7-4-11/h3,8-10,14H,2,4-7H2,1H3. The molecule has 2 heterocycles. The minimum atomic E-state index is 0.410. The van der Waals surface area contributed by atoms with Gasteiger partial charge in [0.1, 0.15) is 0 Å². The van der Waals surface area contributed by atoms with Crippen LogP contribution in [0.1, 0.15) is 30.7 Å². The minimum Gasteiger partial charge on any atom is -0.377 e. The molecule has 4 heteroatoms. The summed E-state index contributed by atoms with van der Waals surface area (Å²) in [7, 11) is 0. The van der Waals surface area contributed by atoms with Gasteiger partial charge in [0.15, 0.2) is 0 Å². The maximum absolute atomic E-state index is 5.28. The van der Waals surface area contributed by atoms with E-state index in [4.69, 9.17) is 4.74 Å². The lowest BCUT2D eigenvalue weighted by Crippen LogP contribution is -2.20. The zero-order chi connectivity index (χ0) is 11.2. The lowest BCUT2D eigenvalue weighted by Gasteiger charge is -2.15. The molecule has 0 radical (unpaired) electrons. The maximum Gasteiger partial charge on any atom is 0.0794 e. The molecule has 1 aromatic heterocycles. The first-order chi connectivity index (χ1) is 7.86. The zero-order valence-corrected chi connectivity index (χ0v) is 10.4. The van der Waals surface area contributed by atoms with Crippen LogP contribution in [-0.4, -0.2) is 24.7 Å². The average molecular weight is 238 g/mol. The van der Waals surface area contributed by atoms with Gasteiger partial charge in [-0.2, -0.15) is 0 Å². The molecular formula is C12H18N2OS. The van der Waals surface area contributed by atoms with Gasteiger partial charge in [-0.1, -0.05) is 11.6 Å². The van der Waals surface area contributed by atoms with E-state index in [0.29, 0.717) is 6.04 Å². The van der Waals surface area contributed by atoms with Crippen molar-refractivity contribution in [1.29, 1.82) is 0 Å². The maximum atomic E-state index is 5.28. The highest BCUT2D eigenvalue weighted by Gasteiger charge is 2.07. The molecule has 0 spiro atoms. The number of nitrogens with zero attached hydrogens (tertiary/aromatic N) is 1. The normalized spacial score (nSPS) is 18.2. The monoisotopic (exact) mass is 238 g/mol. The molecular weight excluding hydrogens is 220 g/mol. The van der Waals surface area contributed by atoms with Gasteiger partial charge in [-0.15, -0.1) is 11.3 Å². The third-order valence-corrected chi connectivity index (χ3v) is 3.79. The second-order valence-corrected chi connectivity index (χ2v) is 4.93. The van der Waals surface area contributed by atoms with Gasteiger partial charge >= 0.3 is 0 Å². The Labute approximate surface area is 101 Å². The second-order valence-electron chi connectivity index (χ2n) is 4.02. The summed E-state index contributed by atoms with van der Waals surface area (Å²) in [6, 6.07) is 0.410. The van der Waals surface area contributed by atoms with E-state index >= 15 is 0 Å². The van der Waals surface area contributed by atoms with Gasteiger partial charge in [-0.25, -0.2) is 0 Å². The van der Waals surface area contributed by atoms with Crippen molar-refractivity contribution in [3.8, 4) is 0 Å². The Morgan fingerprint density at radius 1 is 1.62 bits per heavy atom. The van der Waals surface area contributed by atoms with Crippen molar-refractivity contribution in [2.45, 2.75) is 25.8 Å². The van der Waals surface area contributed by atoms with E-state index in [1.807, 2.05) is 11.7 Å². The van der Waals surface area contributed by atoms with Gasteiger partial charge in [0.2, 0.25) is 0 Å². The molecule has 88 valence electrons. The summed E-state index contributed by atoms with van der Waals surface area (Å²) in [6.07, 6.45) is 6.38. The number of nitrogens with one attached hydrogen (secondary N) is 1. The fourth-order valence-corrected chi connectivity index (χ4v) is 2.43. The molecule has 0 fully saturated rings. The quantitative estimate of drug-likeness (QED) is 0.800. The van der Waals surface area contributed by atoms with Crippen LogP contribution in [0.5, 0.6) is 0 Å². The molecule has 1 aliphatic rings. The van der Waals surface area contributed by atoms with Crippen molar-refractivity contribution in [3.05, 3.63) is 28.2 Å². The molecule has 1 aromatic rings. The Balaban J connectivity index is 1.69. The molecule has 1 aliphatic heterocycles. The Morgan fingerprint density at radius 2 is 2.56 bits per heavy atom. The molecule has 0 bridgehead atoms. The van der Waals surface area contributed by atoms with Crippen LogP contribution < -0.4 is 5.32 Å². The Kier molecular flexibility index (Phi) is 4.51. The van der Waals surface area contributed by atoms with Gasteiger partial charge in [0.05, 0.1) is 18.7 Å². The van der Waals surface area contributed by atoms with Gasteiger partial charge < -0.3 is 10.1 Å². The lowest BCUT2D eigenvalue weighted by atomic mass is 10.1. The summed E-state index contributed by atoms with van der Waals surface area (Å²) in [4.78, 5) is 5.40. The van der Waals surface area contributed by atoms with Gasteiger partial charge in [0.25, 0.3) is 0 Å². The summed E-state index contributed by atoms with van der Waals surface area (Å²) in [5.74, 6) is 0. The first-order valence-corrected chi connectivity index (χ1v) is 6.61. The fourth-order valence-electron chi connectivity index (χ4n) is 1.78. The minimum absolute atomic E-state index is 0.410. The van der Waals surface area contributed by atoms with Crippen LogP contribution in [0.15, 0.2) is 23.4 Å². The van der Waals surface area contributed by atoms with Crippen molar-refractivity contribution in [1.82, 2.24) is 10.3 Å². The van der Waals surface area contributed by atoms with E-state index in [-0.39, 0.29) is 0 Å². The number of hydrogen-bond donors (Lipinski definition) is 1. The van der Waals surface area contributed by atoms with Crippen molar-refractivity contribution in [2.75, 3.05) is 19.8 Å². The van der Waals surface area contributed by atoms with Gasteiger partial charge in [-0.05, 0) is 26.3 Å². The molecule has 16 heavy (non-hydrogen) atoms. The van der Waals surface area contributed by atoms with Crippen molar-refractivity contribution >= 4 is 11.3 Å². The van der Waals surface area contributed by atoms with E-state index in [0.717, 1.165) is 32.6 Å². The highest BCUT2D eigenvalue weighted by Crippen LogP contribution is 2.17. The highest BCUT2D eigenvalue weighted by molar-refractivity contribution is 7.09. The van der Waals surface area contributed by atoms with Crippen LogP contribution in [0.25, 0.3) is 0 Å². The molecule has 0 aliphatic carbocycles. The van der Waals surface area contributed by atoms with Crippen LogP contribution in [0.2, 0.25) is 0 Å². The van der Waals surface area contributed by atoms with E-state index in [1.54, 1.807) is 11.3 Å². The number of aromatic nitrogens is 1. The second kappa shape index (κ2) is 6.13. The van der Waals surface area contributed by atoms with Crippen LogP contribution in [-0.2, 0) is 4.74 Å². The lowest BCUT2D eigenvalue weighted by molar-refractivity contribution is 0.153. The highest BCUT2D eigenvalue weighted by atomic mass is 32.1. The average Bonchev–Trinajstić information content (AvgIpc) is 2.84. The number of ether oxygens (including phenoxy) is 1. The first kappa shape index (κ1) is 11.8. The summed E-state index contributed by atoms with van der Waals surface area (Å²) in [5.41, 5.74) is 3.41. The predicted octanol–water partition coefficient (Wildman–Crippen LogP) is 2.53. The molecule has 0 saturated carbocycles. The predicted molar refractivity (Wildman–Crippen MR) is 66.7 cm³/mol. The number of hydrogen-bond acceptors (Lipinski definition) is 4. The number of thiazole rings is 1. The molecule has 1 N–H and O–H groups in total. The van der Waals surface area contributed by atoms with E-state index in [2.05, 4.69) is 23.3 Å². The van der Waals surface area contributed by atoms with Gasteiger partial charge in [0, 0.05) is 17.1 Å². The molecule has 0 amide bonds. The van der Waals surface area contributed by atoms with Crippen LogP contribution in [0, 0.1) is 0 Å². The van der Waals surface area contributed by atoms with E-state index < -0.39 is 0 Å². The van der Waals surface area contributed by atoms with Crippen molar-refractivity contribution in [3.63, 3.8) is 0 Å². The van der Waals surface area contributed by atoms with Crippen LogP contribution >= 0.6 is 11.3 Å². The zero-order valence-electron chi connectivity index (χ0n) is 9.61. The summed E-state index contributed by atoms with van der Waals surface area (Å²) in [5, 5.41) is 3.52. The summed E-state index contributed by atoms with van der Waals surface area (Å²) < 4.78 is 5.28. The molecule has 1 atom stereocenters. The van der Waals surface area contributed by atoms with E-state index in [1.165, 1.54) is 10.5 Å². The van der Waals surface area contributed by atoms with Gasteiger partial charge in [-0.3, -0.25) is 4.98 Å². The van der Waals surface area contributed by atoms with E-state index in [9.17, 15) is 0 Å². The first-order valence-electron chi connectivity index (χ1n) is 5.73. The Hall–Kier alpha value is -0.710. The molecule has 0 saturated heterocycles. The van der Waals surface area contributed by atoms with Crippen molar-refractivity contribution in [2.24, 2.45) is 0 Å². The Bertz CT molecular complexity index is 335. The number of rotatable bonds is 5. The smallest absolute Gasteiger partial charge is 0.0794 e. The fraction of sp³-hybridized carbons (Fsp3) is 0.583. The summed E-state index contributed by atoms with van der Waals surface area (Å²) >= 11 is 1.71. The van der Waals surface area contributed by atoms with Crippen molar-refractivity contribution < 1.29 is 4.74 Å². The molecule has 2 rings (SSSR count). The third kappa shape index (κ3) is 3.40. The molecule has 1 unspecified atom stereocenters. The SMILES string of the molecule is CC(NCCC1=CCOCC1)c1cncs1. The summed E-state index contributed by atoms with van der Waals surface area (Å²) in [6.45, 7) is 4.90. The van der Waals surface area contributed by atoms with Crippen LogP contribution in [0.4, 0.5) is 0 Å². The largest absolute Gasteiger partial charge is 0.377 e. The topological polar surface area (TPSA) is 34.1 Å². The van der Waals surface area contributed by atoms with Crippen LogP contribution in [0.3, 0.4) is 0 Å². The Morgan fingerprint density at radius 3 is 3.25 bits per heavy atom. The third-order valence-electron chi connectivity index (χ3n) is 2.83. The molecule has 3 nitrogen and oxygen atoms in total. The molecule has 0 aromatic carbocycles.